The van der Waals surface area contributed by atoms with Crippen molar-refractivity contribution in [2.75, 3.05) is 12.8 Å². The third kappa shape index (κ3) is 2.02. The van der Waals surface area contributed by atoms with Crippen LogP contribution in [0.2, 0.25) is 5.02 Å². The number of aromatic nitrogens is 2. The molecule has 7 heteroatoms. The molecule has 1 aliphatic heterocycles. The van der Waals surface area contributed by atoms with Crippen molar-refractivity contribution < 1.29 is 8.42 Å². The van der Waals surface area contributed by atoms with Gasteiger partial charge in [0.25, 0.3) is 0 Å². The summed E-state index contributed by atoms with van der Waals surface area (Å²) in [5.41, 5.74) is 0.759. The van der Waals surface area contributed by atoms with Crippen molar-refractivity contribution in [3.8, 4) is 0 Å². The fourth-order valence-corrected chi connectivity index (χ4v) is 2.91. The highest BCUT2D eigenvalue weighted by Crippen LogP contribution is 2.25. The maximum Gasteiger partial charge on any atom is 0.196 e. The van der Waals surface area contributed by atoms with Crippen LogP contribution in [-0.2, 0) is 22.9 Å². The van der Waals surface area contributed by atoms with Gasteiger partial charge in [-0.2, -0.15) is 5.10 Å². The zero-order valence-corrected chi connectivity index (χ0v) is 9.90. The van der Waals surface area contributed by atoms with Gasteiger partial charge in [0, 0.05) is 19.3 Å². The average molecular weight is 250 g/mol. The Bertz CT molecular complexity index is 480. The number of fused-ring (bicyclic) bond motifs is 1. The minimum atomic E-state index is -3.33. The summed E-state index contributed by atoms with van der Waals surface area (Å²) < 4.78 is 24.4. The number of rotatable bonds is 1. The zero-order valence-electron chi connectivity index (χ0n) is 8.33. The molecule has 5 nitrogen and oxygen atoms in total. The van der Waals surface area contributed by atoms with Crippen LogP contribution < -0.4 is 5.32 Å². The Morgan fingerprint density at radius 3 is 2.93 bits per heavy atom. The summed E-state index contributed by atoms with van der Waals surface area (Å²) in [4.78, 5) is 0. The Hall–Kier alpha value is -0.590. The van der Waals surface area contributed by atoms with Crippen molar-refractivity contribution in [3.63, 3.8) is 0 Å². The van der Waals surface area contributed by atoms with Crippen LogP contribution >= 0.6 is 11.6 Å². The van der Waals surface area contributed by atoms with E-state index < -0.39 is 9.84 Å². The van der Waals surface area contributed by atoms with E-state index in [9.17, 15) is 8.42 Å². The molecule has 0 saturated carbocycles. The highest BCUT2D eigenvalue weighted by atomic mass is 35.5. The first-order chi connectivity index (χ1) is 7.00. The van der Waals surface area contributed by atoms with Crippen LogP contribution in [0.1, 0.15) is 12.1 Å². The predicted octanol–water partition coefficient (Wildman–Crippen LogP) is 0.433. The molecule has 0 atom stereocenters. The molecule has 0 spiro atoms. The van der Waals surface area contributed by atoms with Crippen molar-refractivity contribution in [1.29, 1.82) is 0 Å². The summed E-state index contributed by atoms with van der Waals surface area (Å²) in [6, 6.07) is 0. The summed E-state index contributed by atoms with van der Waals surface area (Å²) in [6.45, 7) is 2.17. The van der Waals surface area contributed by atoms with Gasteiger partial charge in [-0.05, 0) is 13.0 Å². The van der Waals surface area contributed by atoms with Crippen LogP contribution in [0.5, 0.6) is 0 Å². The second-order valence-corrected chi connectivity index (χ2v) is 5.90. The van der Waals surface area contributed by atoms with Gasteiger partial charge in [0.05, 0.1) is 5.69 Å². The van der Waals surface area contributed by atoms with E-state index in [0.29, 0.717) is 13.1 Å². The highest BCUT2D eigenvalue weighted by Gasteiger charge is 2.23. The molecule has 1 aliphatic rings. The molecule has 0 fully saturated rings. The van der Waals surface area contributed by atoms with E-state index in [1.54, 1.807) is 4.68 Å². The molecular formula is C8H12ClN3O2S. The maximum atomic E-state index is 11.4. The minimum Gasteiger partial charge on any atom is -0.311 e. The standard InChI is InChI=1S/C8H12ClN3O2S/c1-15(13,14)8-7(9)6-5-10-3-2-4-12(6)11-8/h10H,2-5H2,1H3. The Morgan fingerprint density at radius 1 is 1.53 bits per heavy atom. The van der Waals surface area contributed by atoms with E-state index in [2.05, 4.69) is 10.4 Å². The summed E-state index contributed by atoms with van der Waals surface area (Å²) in [5.74, 6) is 0. The van der Waals surface area contributed by atoms with Crippen molar-refractivity contribution in [3.05, 3.63) is 10.7 Å². The van der Waals surface area contributed by atoms with Crippen molar-refractivity contribution in [1.82, 2.24) is 15.1 Å². The SMILES string of the molecule is CS(=O)(=O)c1nn2c(c1Cl)CNCCC2. The molecule has 15 heavy (non-hydrogen) atoms. The lowest BCUT2D eigenvalue weighted by Gasteiger charge is -1.99. The number of hydrogen-bond donors (Lipinski definition) is 1. The molecule has 0 aromatic carbocycles. The molecule has 2 heterocycles. The normalized spacial score (nSPS) is 17.2. The highest BCUT2D eigenvalue weighted by molar-refractivity contribution is 7.90. The topological polar surface area (TPSA) is 64.0 Å². The van der Waals surface area contributed by atoms with E-state index in [0.717, 1.165) is 24.9 Å². The predicted molar refractivity (Wildman–Crippen MR) is 56.7 cm³/mol. The Morgan fingerprint density at radius 2 is 2.27 bits per heavy atom. The van der Waals surface area contributed by atoms with Gasteiger partial charge >= 0.3 is 0 Å². The van der Waals surface area contributed by atoms with E-state index in [4.69, 9.17) is 11.6 Å². The second-order valence-electron chi connectivity index (χ2n) is 3.59. The van der Waals surface area contributed by atoms with Gasteiger partial charge in [0.15, 0.2) is 14.9 Å². The van der Waals surface area contributed by atoms with Gasteiger partial charge in [0.1, 0.15) is 5.02 Å². The van der Waals surface area contributed by atoms with Crippen LogP contribution in [0, 0.1) is 0 Å². The van der Waals surface area contributed by atoms with Gasteiger partial charge in [-0.1, -0.05) is 11.6 Å². The fraction of sp³-hybridized carbons (Fsp3) is 0.625. The van der Waals surface area contributed by atoms with Crippen LogP contribution in [-0.4, -0.2) is 31.0 Å². The van der Waals surface area contributed by atoms with E-state index in [-0.39, 0.29) is 10.0 Å². The Balaban J connectivity index is 2.54. The Kier molecular flexibility index (Phi) is 2.74. The van der Waals surface area contributed by atoms with Gasteiger partial charge in [-0.15, -0.1) is 0 Å². The van der Waals surface area contributed by atoms with Gasteiger partial charge in [-0.25, -0.2) is 8.42 Å². The monoisotopic (exact) mass is 249 g/mol. The van der Waals surface area contributed by atoms with Crippen molar-refractivity contribution in [2.24, 2.45) is 0 Å². The number of halogens is 1. The molecule has 1 aromatic rings. The maximum absolute atomic E-state index is 11.4. The van der Waals surface area contributed by atoms with E-state index in [1.165, 1.54) is 0 Å². The number of nitrogens with zero attached hydrogens (tertiary/aromatic N) is 2. The van der Waals surface area contributed by atoms with Crippen molar-refractivity contribution in [2.45, 2.75) is 24.5 Å². The fourth-order valence-electron chi connectivity index (χ4n) is 1.60. The molecule has 2 rings (SSSR count). The molecule has 1 aromatic heterocycles. The molecule has 1 N–H and O–H groups in total. The first kappa shape index (κ1) is 10.9. The number of aryl methyl sites for hydroxylation is 1. The molecule has 0 saturated heterocycles. The first-order valence-corrected chi connectivity index (χ1v) is 6.93. The van der Waals surface area contributed by atoms with Crippen LogP contribution in [0.15, 0.2) is 5.03 Å². The third-order valence-electron chi connectivity index (χ3n) is 2.33. The third-order valence-corrected chi connectivity index (χ3v) is 3.83. The smallest absolute Gasteiger partial charge is 0.196 e. The zero-order chi connectivity index (χ0) is 11.1. The summed E-state index contributed by atoms with van der Waals surface area (Å²) in [7, 11) is -3.33. The summed E-state index contributed by atoms with van der Waals surface area (Å²) in [5, 5.41) is 7.45. The van der Waals surface area contributed by atoms with Gasteiger partial charge in [0.2, 0.25) is 0 Å². The molecule has 0 bridgehead atoms. The number of sulfone groups is 1. The van der Waals surface area contributed by atoms with Gasteiger partial charge < -0.3 is 5.32 Å². The molecule has 0 radical (unpaired) electrons. The number of nitrogens with one attached hydrogen (secondary N) is 1. The van der Waals surface area contributed by atoms with E-state index in [1.807, 2.05) is 0 Å². The first-order valence-electron chi connectivity index (χ1n) is 4.66. The van der Waals surface area contributed by atoms with Crippen molar-refractivity contribution >= 4 is 21.4 Å². The van der Waals surface area contributed by atoms with Gasteiger partial charge in [-0.3, -0.25) is 4.68 Å². The molecular weight excluding hydrogens is 238 g/mol. The Labute approximate surface area is 93.3 Å². The lowest BCUT2D eigenvalue weighted by Crippen LogP contribution is -2.12. The second kappa shape index (κ2) is 3.77. The largest absolute Gasteiger partial charge is 0.311 e. The molecule has 0 unspecified atom stereocenters. The molecule has 0 amide bonds. The van der Waals surface area contributed by atoms with E-state index >= 15 is 0 Å². The van der Waals surface area contributed by atoms with Crippen LogP contribution in [0.3, 0.4) is 0 Å². The molecule has 0 aliphatic carbocycles. The number of hydrogen-bond acceptors (Lipinski definition) is 4. The lowest BCUT2D eigenvalue weighted by molar-refractivity contribution is 0.562. The van der Waals surface area contributed by atoms with Crippen LogP contribution in [0.4, 0.5) is 0 Å². The summed E-state index contributed by atoms with van der Waals surface area (Å²) >= 11 is 6.00. The summed E-state index contributed by atoms with van der Waals surface area (Å²) in [6.07, 6.45) is 2.04. The lowest BCUT2D eigenvalue weighted by atomic mass is 10.4. The minimum absolute atomic E-state index is 0.0112. The average Bonchev–Trinajstić information content (AvgIpc) is 2.36. The quantitative estimate of drug-likeness (QED) is 0.784. The van der Waals surface area contributed by atoms with Crippen LogP contribution in [0.25, 0.3) is 0 Å². The molecule has 84 valence electrons.